The molecule has 0 saturated heterocycles. The normalized spacial score (nSPS) is 12.8. The predicted octanol–water partition coefficient (Wildman–Crippen LogP) is 0.913. The largest absolute Gasteiger partial charge is 0.508 e. The van der Waals surface area contributed by atoms with Crippen LogP contribution in [-0.4, -0.2) is 11.7 Å². The van der Waals surface area contributed by atoms with Crippen LogP contribution in [0.1, 0.15) is 24.1 Å². The van der Waals surface area contributed by atoms with Crippen LogP contribution in [0.2, 0.25) is 0 Å². The van der Waals surface area contributed by atoms with Gasteiger partial charge in [-0.15, -0.1) is 0 Å². The van der Waals surface area contributed by atoms with Crippen molar-refractivity contribution in [3.05, 3.63) is 29.3 Å². The van der Waals surface area contributed by atoms with Gasteiger partial charge >= 0.3 is 0 Å². The lowest BCUT2D eigenvalue weighted by Gasteiger charge is -2.13. The summed E-state index contributed by atoms with van der Waals surface area (Å²) in [5.74, 6) is 0.282. The molecule has 0 aromatic heterocycles. The summed E-state index contributed by atoms with van der Waals surface area (Å²) >= 11 is 0. The van der Waals surface area contributed by atoms with Crippen molar-refractivity contribution in [3.63, 3.8) is 0 Å². The van der Waals surface area contributed by atoms with Gasteiger partial charge in [-0.25, -0.2) is 0 Å². The van der Waals surface area contributed by atoms with E-state index in [9.17, 15) is 5.11 Å². The first-order valence-electron chi connectivity index (χ1n) is 4.46. The molecule has 1 aromatic carbocycles. The summed E-state index contributed by atoms with van der Waals surface area (Å²) in [6.45, 7) is 2.46. The second kappa shape index (κ2) is 4.25. The summed E-state index contributed by atoms with van der Waals surface area (Å²) in [5, 5.41) is 9.25. The van der Waals surface area contributed by atoms with Gasteiger partial charge in [0.15, 0.2) is 0 Å². The van der Waals surface area contributed by atoms with Crippen LogP contribution in [0.3, 0.4) is 0 Å². The van der Waals surface area contributed by atoms with Crippen LogP contribution in [0.25, 0.3) is 0 Å². The predicted molar refractivity (Wildman–Crippen MR) is 53.5 cm³/mol. The van der Waals surface area contributed by atoms with Gasteiger partial charge in [-0.2, -0.15) is 0 Å². The van der Waals surface area contributed by atoms with Gasteiger partial charge in [0.25, 0.3) is 0 Å². The van der Waals surface area contributed by atoms with E-state index in [0.717, 1.165) is 17.5 Å². The number of nitrogens with two attached hydrogens (primary N) is 2. The standard InChI is InChI=1S/C10H16N2O/c1-2-7-5-8(13)3-4-9(7)10(12)6-11/h3-5,10,13H,2,6,11-12H2,1H3/t10-/m1/s1. The quantitative estimate of drug-likeness (QED) is 0.647. The highest BCUT2D eigenvalue weighted by atomic mass is 16.3. The monoisotopic (exact) mass is 180 g/mol. The number of hydrogen-bond acceptors (Lipinski definition) is 3. The first kappa shape index (κ1) is 10.0. The first-order chi connectivity index (χ1) is 6.19. The fourth-order valence-corrected chi connectivity index (χ4v) is 1.39. The molecular weight excluding hydrogens is 164 g/mol. The van der Waals surface area contributed by atoms with Crippen LogP contribution in [-0.2, 0) is 6.42 Å². The lowest BCUT2D eigenvalue weighted by atomic mass is 9.99. The molecule has 1 rings (SSSR count). The molecule has 0 saturated carbocycles. The Labute approximate surface area is 78.4 Å². The van der Waals surface area contributed by atoms with E-state index < -0.39 is 0 Å². The zero-order valence-electron chi connectivity index (χ0n) is 7.83. The number of aromatic hydroxyl groups is 1. The molecule has 3 heteroatoms. The van der Waals surface area contributed by atoms with Gasteiger partial charge in [-0.1, -0.05) is 13.0 Å². The van der Waals surface area contributed by atoms with Crippen molar-refractivity contribution >= 4 is 0 Å². The molecule has 0 amide bonds. The van der Waals surface area contributed by atoms with Crippen molar-refractivity contribution in [2.45, 2.75) is 19.4 Å². The molecule has 0 fully saturated rings. The Morgan fingerprint density at radius 2 is 2.15 bits per heavy atom. The third-order valence-electron chi connectivity index (χ3n) is 2.16. The molecule has 1 atom stereocenters. The Balaban J connectivity index is 3.05. The summed E-state index contributed by atoms with van der Waals surface area (Å²) in [5.41, 5.74) is 13.4. The number of benzene rings is 1. The van der Waals surface area contributed by atoms with E-state index >= 15 is 0 Å². The smallest absolute Gasteiger partial charge is 0.115 e. The number of phenolic OH excluding ortho intramolecular Hbond substituents is 1. The Kier molecular flexibility index (Phi) is 3.28. The maximum Gasteiger partial charge on any atom is 0.115 e. The molecule has 0 aliphatic heterocycles. The van der Waals surface area contributed by atoms with Crippen LogP contribution in [0.5, 0.6) is 5.75 Å². The molecule has 0 aliphatic carbocycles. The van der Waals surface area contributed by atoms with E-state index in [1.54, 1.807) is 12.1 Å². The van der Waals surface area contributed by atoms with Crippen LogP contribution in [0, 0.1) is 0 Å². The van der Waals surface area contributed by atoms with Gasteiger partial charge in [-0.05, 0) is 29.7 Å². The highest BCUT2D eigenvalue weighted by Crippen LogP contribution is 2.21. The molecule has 0 radical (unpaired) electrons. The molecular formula is C10H16N2O. The van der Waals surface area contributed by atoms with E-state index in [0.29, 0.717) is 6.54 Å². The summed E-state index contributed by atoms with van der Waals surface area (Å²) in [4.78, 5) is 0. The van der Waals surface area contributed by atoms with Crippen LogP contribution in [0.4, 0.5) is 0 Å². The highest BCUT2D eigenvalue weighted by molar-refractivity contribution is 5.36. The first-order valence-corrected chi connectivity index (χ1v) is 4.46. The van der Waals surface area contributed by atoms with Crippen LogP contribution < -0.4 is 11.5 Å². The number of aryl methyl sites for hydroxylation is 1. The zero-order chi connectivity index (χ0) is 9.84. The highest BCUT2D eigenvalue weighted by Gasteiger charge is 2.08. The summed E-state index contributed by atoms with van der Waals surface area (Å²) in [6.07, 6.45) is 0.859. The summed E-state index contributed by atoms with van der Waals surface area (Å²) in [7, 11) is 0. The Morgan fingerprint density at radius 1 is 1.46 bits per heavy atom. The molecule has 5 N–H and O–H groups in total. The van der Waals surface area contributed by atoms with E-state index in [1.165, 1.54) is 0 Å². The SMILES string of the molecule is CCc1cc(O)ccc1[C@H](N)CN. The van der Waals surface area contributed by atoms with Gasteiger partial charge in [0.05, 0.1) is 0 Å². The molecule has 0 bridgehead atoms. The van der Waals surface area contributed by atoms with Crippen molar-refractivity contribution in [2.24, 2.45) is 11.5 Å². The van der Waals surface area contributed by atoms with Crippen molar-refractivity contribution < 1.29 is 5.11 Å². The number of phenols is 1. The molecule has 1 aromatic rings. The van der Waals surface area contributed by atoms with Crippen molar-refractivity contribution in [1.29, 1.82) is 0 Å². The molecule has 3 nitrogen and oxygen atoms in total. The fourth-order valence-electron chi connectivity index (χ4n) is 1.39. The topological polar surface area (TPSA) is 72.3 Å². The van der Waals surface area contributed by atoms with Gasteiger partial charge < -0.3 is 16.6 Å². The number of rotatable bonds is 3. The van der Waals surface area contributed by atoms with Crippen LogP contribution in [0.15, 0.2) is 18.2 Å². The Morgan fingerprint density at radius 3 is 2.69 bits per heavy atom. The van der Waals surface area contributed by atoms with Crippen LogP contribution >= 0.6 is 0 Å². The molecule has 0 unspecified atom stereocenters. The van der Waals surface area contributed by atoms with Gasteiger partial charge in [0.1, 0.15) is 5.75 Å². The van der Waals surface area contributed by atoms with Gasteiger partial charge in [-0.3, -0.25) is 0 Å². The van der Waals surface area contributed by atoms with Crippen molar-refractivity contribution in [2.75, 3.05) is 6.54 Å². The maximum atomic E-state index is 9.25. The molecule has 13 heavy (non-hydrogen) atoms. The zero-order valence-corrected chi connectivity index (χ0v) is 7.83. The average Bonchev–Trinajstić information content (AvgIpc) is 2.16. The van der Waals surface area contributed by atoms with E-state index in [2.05, 4.69) is 0 Å². The fraction of sp³-hybridized carbons (Fsp3) is 0.400. The minimum Gasteiger partial charge on any atom is -0.508 e. The van der Waals surface area contributed by atoms with E-state index in [4.69, 9.17) is 11.5 Å². The van der Waals surface area contributed by atoms with Crippen molar-refractivity contribution in [3.8, 4) is 5.75 Å². The minimum absolute atomic E-state index is 0.129. The lowest BCUT2D eigenvalue weighted by molar-refractivity contribution is 0.474. The second-order valence-electron chi connectivity index (χ2n) is 3.08. The minimum atomic E-state index is -0.129. The Hall–Kier alpha value is -1.06. The summed E-state index contributed by atoms with van der Waals surface area (Å²) in [6, 6.07) is 5.09. The number of hydrogen-bond donors (Lipinski definition) is 3. The molecule has 0 heterocycles. The average molecular weight is 180 g/mol. The van der Waals surface area contributed by atoms with Crippen molar-refractivity contribution in [1.82, 2.24) is 0 Å². The molecule has 0 aliphatic rings. The third-order valence-corrected chi connectivity index (χ3v) is 2.16. The molecule has 72 valence electrons. The second-order valence-corrected chi connectivity index (χ2v) is 3.08. The van der Waals surface area contributed by atoms with E-state index in [-0.39, 0.29) is 11.8 Å². The molecule has 0 spiro atoms. The summed E-state index contributed by atoms with van der Waals surface area (Å²) < 4.78 is 0. The third kappa shape index (κ3) is 2.20. The van der Waals surface area contributed by atoms with Gasteiger partial charge in [0.2, 0.25) is 0 Å². The lowest BCUT2D eigenvalue weighted by Crippen LogP contribution is -2.21. The Bertz CT molecular complexity index is 286. The maximum absolute atomic E-state index is 9.25. The van der Waals surface area contributed by atoms with Gasteiger partial charge in [0, 0.05) is 12.6 Å². The van der Waals surface area contributed by atoms with E-state index in [1.807, 2.05) is 13.0 Å².